The first kappa shape index (κ1) is 21.1. The van der Waals surface area contributed by atoms with Crippen LogP contribution in [-0.4, -0.2) is 39.9 Å². The van der Waals surface area contributed by atoms with Crippen molar-refractivity contribution in [3.63, 3.8) is 0 Å². The predicted molar refractivity (Wildman–Crippen MR) is 122 cm³/mol. The van der Waals surface area contributed by atoms with E-state index in [-0.39, 0.29) is 18.9 Å². The number of benzene rings is 1. The van der Waals surface area contributed by atoms with Crippen molar-refractivity contribution in [2.75, 3.05) is 18.0 Å². The Morgan fingerprint density at radius 3 is 2.39 bits per heavy atom. The van der Waals surface area contributed by atoms with Gasteiger partial charge in [0, 0.05) is 35.1 Å². The van der Waals surface area contributed by atoms with Crippen molar-refractivity contribution in [1.82, 2.24) is 15.0 Å². The normalized spacial score (nSPS) is 22.6. The second-order valence-corrected chi connectivity index (χ2v) is 10.5. The van der Waals surface area contributed by atoms with Gasteiger partial charge < -0.3 is 10.6 Å². The number of nitrogens with zero attached hydrogens (tertiary/aromatic N) is 4. The average Bonchev–Trinajstić information content (AvgIpc) is 3.30. The van der Waals surface area contributed by atoms with Crippen LogP contribution >= 0.6 is 22.6 Å². The van der Waals surface area contributed by atoms with Crippen molar-refractivity contribution in [2.24, 2.45) is 11.1 Å². The average molecular weight is 541 g/mol. The Kier molecular flexibility index (Phi) is 5.22. The van der Waals surface area contributed by atoms with Crippen LogP contribution in [0.4, 0.5) is 14.5 Å². The monoisotopic (exact) mass is 541 g/mol. The summed E-state index contributed by atoms with van der Waals surface area (Å²) in [5.74, 6) is -3.04. The first-order valence-corrected chi connectivity index (χ1v) is 12.0. The van der Waals surface area contributed by atoms with Crippen LogP contribution < -0.4 is 10.6 Å². The molecule has 31 heavy (non-hydrogen) atoms. The topological polar surface area (TPSA) is 77.0 Å². The lowest BCUT2D eigenvalue weighted by Gasteiger charge is -2.36. The van der Waals surface area contributed by atoms with Gasteiger partial charge >= 0.3 is 0 Å². The minimum atomic E-state index is -2.59. The summed E-state index contributed by atoms with van der Waals surface area (Å²) >= 11 is 2.26. The molecule has 1 spiro atoms. The second-order valence-electron chi connectivity index (χ2n) is 9.31. The van der Waals surface area contributed by atoms with E-state index in [0.717, 1.165) is 40.8 Å². The fraction of sp³-hybridized carbons (Fsp3) is 0.591. The van der Waals surface area contributed by atoms with E-state index in [0.29, 0.717) is 29.5 Å². The summed E-state index contributed by atoms with van der Waals surface area (Å²) in [6.45, 7) is 1.78. The van der Waals surface area contributed by atoms with E-state index < -0.39 is 11.8 Å². The second kappa shape index (κ2) is 7.67. The molecule has 6 nitrogen and oxygen atoms in total. The molecule has 2 N–H and O–H groups in total. The highest BCUT2D eigenvalue weighted by Crippen LogP contribution is 2.54. The summed E-state index contributed by atoms with van der Waals surface area (Å²) in [7, 11) is 0. The molecule has 1 aliphatic heterocycles. The Labute approximate surface area is 193 Å². The smallest absolute Gasteiger partial charge is 0.250 e. The number of aromatic nitrogens is 3. The number of halogens is 3. The van der Waals surface area contributed by atoms with Gasteiger partial charge in [0.25, 0.3) is 5.91 Å². The molecule has 2 saturated carbocycles. The highest BCUT2D eigenvalue weighted by Gasteiger charge is 2.45. The number of hydrogen-bond acceptors (Lipinski definition) is 4. The van der Waals surface area contributed by atoms with Crippen LogP contribution in [0.25, 0.3) is 11.3 Å². The van der Waals surface area contributed by atoms with Crippen LogP contribution in [-0.2, 0) is 0 Å². The third-order valence-corrected chi connectivity index (χ3v) is 8.17. The maximum atomic E-state index is 13.6. The molecule has 1 amide bonds. The fourth-order valence-electron chi connectivity index (χ4n) is 5.04. The fourth-order valence-corrected chi connectivity index (χ4v) is 5.75. The first-order chi connectivity index (χ1) is 14.8. The number of primary amides is 1. The predicted octanol–water partition coefficient (Wildman–Crippen LogP) is 4.78. The van der Waals surface area contributed by atoms with Crippen LogP contribution in [0.15, 0.2) is 18.3 Å². The van der Waals surface area contributed by atoms with E-state index in [4.69, 9.17) is 5.73 Å². The third-order valence-electron chi connectivity index (χ3n) is 7.27. The van der Waals surface area contributed by atoms with Crippen LogP contribution in [0.1, 0.15) is 67.8 Å². The van der Waals surface area contributed by atoms with E-state index in [9.17, 15) is 13.6 Å². The lowest BCUT2D eigenvalue weighted by Crippen LogP contribution is -2.36. The number of hydrogen-bond donors (Lipinski definition) is 1. The number of alkyl halides is 2. The number of piperidine rings is 1. The Bertz CT molecular complexity index is 999. The standard InChI is InChI=1S/C22H26F2IN5O/c23-22(24)5-3-14(4-6-22)30-27-13-17(28-30)18-16(25)2-1-15(20(26)31)19(18)29-11-9-21(7-8-21)10-12-29/h1-2,13-14H,3-12H2,(H2,26,31). The lowest BCUT2D eigenvalue weighted by molar-refractivity contribution is -0.0462. The zero-order valence-electron chi connectivity index (χ0n) is 17.3. The molecule has 2 aromatic rings. The van der Waals surface area contributed by atoms with Gasteiger partial charge in [-0.3, -0.25) is 4.79 Å². The molecular weight excluding hydrogens is 515 g/mol. The molecule has 9 heteroatoms. The molecule has 3 aliphatic rings. The SMILES string of the molecule is NC(=O)c1ccc(I)c(-c2cnn(C3CCC(F)(F)CC3)n2)c1N1CCC2(CC1)CC2. The number of anilines is 1. The van der Waals surface area contributed by atoms with Crippen LogP contribution in [0, 0.1) is 8.99 Å². The number of carbonyl (C=O) groups excluding carboxylic acids is 1. The van der Waals surface area contributed by atoms with Gasteiger partial charge in [-0.2, -0.15) is 15.0 Å². The maximum Gasteiger partial charge on any atom is 0.250 e. The number of carbonyl (C=O) groups is 1. The van der Waals surface area contributed by atoms with Gasteiger partial charge in [-0.05, 0) is 78.7 Å². The Balaban J connectivity index is 1.49. The largest absolute Gasteiger partial charge is 0.370 e. The van der Waals surface area contributed by atoms with Crippen LogP contribution in [0.3, 0.4) is 0 Å². The minimum Gasteiger partial charge on any atom is -0.370 e. The van der Waals surface area contributed by atoms with E-state index in [1.807, 2.05) is 6.07 Å². The molecule has 1 aromatic heterocycles. The van der Waals surface area contributed by atoms with E-state index in [1.165, 1.54) is 12.8 Å². The van der Waals surface area contributed by atoms with Gasteiger partial charge in [-0.25, -0.2) is 8.78 Å². The van der Waals surface area contributed by atoms with Crippen molar-refractivity contribution < 1.29 is 13.6 Å². The van der Waals surface area contributed by atoms with Gasteiger partial charge in [-0.1, -0.05) is 0 Å². The molecule has 0 radical (unpaired) electrons. The van der Waals surface area contributed by atoms with Crippen molar-refractivity contribution in [1.29, 1.82) is 0 Å². The lowest BCUT2D eigenvalue weighted by atomic mass is 9.92. The summed E-state index contributed by atoms with van der Waals surface area (Å²) < 4.78 is 28.1. The molecular formula is C22H26F2IN5O. The molecule has 0 atom stereocenters. The van der Waals surface area contributed by atoms with Crippen LogP contribution in [0.2, 0.25) is 0 Å². The van der Waals surface area contributed by atoms with Gasteiger partial charge in [-0.15, -0.1) is 0 Å². The summed E-state index contributed by atoms with van der Waals surface area (Å²) in [6, 6.07) is 3.54. The zero-order valence-corrected chi connectivity index (χ0v) is 19.4. The molecule has 0 bridgehead atoms. The Hall–Kier alpha value is -1.78. The highest BCUT2D eigenvalue weighted by atomic mass is 127. The molecule has 2 heterocycles. The number of rotatable bonds is 4. The molecule has 1 saturated heterocycles. The van der Waals surface area contributed by atoms with Crippen molar-refractivity contribution >= 4 is 34.2 Å². The van der Waals surface area contributed by atoms with Crippen LogP contribution in [0.5, 0.6) is 0 Å². The van der Waals surface area contributed by atoms with E-state index in [1.54, 1.807) is 17.1 Å². The molecule has 166 valence electrons. The van der Waals surface area contributed by atoms with Crippen molar-refractivity contribution in [3.05, 3.63) is 27.5 Å². The van der Waals surface area contributed by atoms with Crippen molar-refractivity contribution in [2.45, 2.75) is 63.3 Å². The molecule has 3 fully saturated rings. The minimum absolute atomic E-state index is 0.126. The Morgan fingerprint density at radius 2 is 1.77 bits per heavy atom. The molecule has 5 rings (SSSR count). The number of nitrogens with two attached hydrogens (primary N) is 1. The van der Waals surface area contributed by atoms with Gasteiger partial charge in [0.1, 0.15) is 5.69 Å². The highest BCUT2D eigenvalue weighted by molar-refractivity contribution is 14.1. The first-order valence-electron chi connectivity index (χ1n) is 10.9. The van der Waals surface area contributed by atoms with Gasteiger partial charge in [0.2, 0.25) is 5.92 Å². The molecule has 0 unspecified atom stereocenters. The maximum absolute atomic E-state index is 13.6. The van der Waals surface area contributed by atoms with Gasteiger partial charge in [0.05, 0.1) is 23.5 Å². The molecule has 2 aliphatic carbocycles. The summed E-state index contributed by atoms with van der Waals surface area (Å²) in [6.07, 6.45) is 6.99. The quantitative estimate of drug-likeness (QED) is 0.566. The summed E-state index contributed by atoms with van der Waals surface area (Å²) in [5, 5.41) is 9.11. The zero-order chi connectivity index (χ0) is 21.8. The summed E-state index contributed by atoms with van der Waals surface area (Å²) in [5.41, 5.74) is 9.10. The van der Waals surface area contributed by atoms with Gasteiger partial charge in [0.15, 0.2) is 0 Å². The van der Waals surface area contributed by atoms with Crippen molar-refractivity contribution in [3.8, 4) is 11.3 Å². The third kappa shape index (κ3) is 4.05. The number of amides is 1. The Morgan fingerprint density at radius 1 is 1.10 bits per heavy atom. The van der Waals surface area contributed by atoms with E-state index >= 15 is 0 Å². The molecule has 1 aromatic carbocycles. The summed E-state index contributed by atoms with van der Waals surface area (Å²) in [4.78, 5) is 16.1. The van der Waals surface area contributed by atoms with E-state index in [2.05, 4.69) is 37.7 Å².